The number of hydrogen-bond donors (Lipinski definition) is 1. The quantitative estimate of drug-likeness (QED) is 0.859. The van der Waals surface area contributed by atoms with Crippen molar-refractivity contribution < 1.29 is 24.2 Å². The second kappa shape index (κ2) is 5.63. The predicted octanol–water partition coefficient (Wildman–Crippen LogP) is 2.27. The molecule has 0 saturated heterocycles. The predicted molar refractivity (Wildman–Crippen MR) is 75.1 cm³/mol. The van der Waals surface area contributed by atoms with Crippen molar-refractivity contribution in [1.82, 2.24) is 4.90 Å². The Morgan fingerprint density at radius 1 is 1.33 bits per heavy atom. The number of benzene rings is 1. The molecular weight excluding hydrogens is 274 g/mol. The van der Waals surface area contributed by atoms with Gasteiger partial charge in [-0.15, -0.1) is 0 Å². The third-order valence-corrected chi connectivity index (χ3v) is 2.92. The summed E-state index contributed by atoms with van der Waals surface area (Å²) in [6.07, 6.45) is -1.66. The van der Waals surface area contributed by atoms with Crippen molar-refractivity contribution in [2.75, 3.05) is 6.54 Å². The lowest BCUT2D eigenvalue weighted by atomic mass is 10.2. The minimum absolute atomic E-state index is 0.0566. The number of amides is 1. The molecule has 0 spiro atoms. The highest BCUT2D eigenvalue weighted by Crippen LogP contribution is 2.26. The SMILES string of the molecule is CC(C)(C)OC(=O)N1Cc2ccccc2O[C@H](C(=O)O)C1. The molecule has 1 heterocycles. The average molecular weight is 293 g/mol. The number of para-hydroxylation sites is 1. The number of aliphatic carboxylic acids is 1. The van der Waals surface area contributed by atoms with Gasteiger partial charge in [-0.05, 0) is 26.8 Å². The number of carboxylic acid groups (broad SMARTS) is 1. The maximum absolute atomic E-state index is 12.2. The van der Waals surface area contributed by atoms with Gasteiger partial charge >= 0.3 is 12.1 Å². The molecule has 21 heavy (non-hydrogen) atoms. The molecule has 6 nitrogen and oxygen atoms in total. The van der Waals surface area contributed by atoms with Crippen molar-refractivity contribution in [3.05, 3.63) is 29.8 Å². The van der Waals surface area contributed by atoms with E-state index in [9.17, 15) is 14.7 Å². The Kier molecular flexibility index (Phi) is 4.06. The van der Waals surface area contributed by atoms with Gasteiger partial charge in [-0.1, -0.05) is 18.2 Å². The first-order valence-electron chi connectivity index (χ1n) is 6.71. The molecule has 2 rings (SSSR count). The van der Waals surface area contributed by atoms with Crippen LogP contribution in [0.25, 0.3) is 0 Å². The Balaban J connectivity index is 2.26. The Morgan fingerprint density at radius 2 is 2.00 bits per heavy atom. The third-order valence-electron chi connectivity index (χ3n) is 2.92. The largest absolute Gasteiger partial charge is 0.478 e. The molecule has 0 radical (unpaired) electrons. The Labute approximate surface area is 123 Å². The van der Waals surface area contributed by atoms with Crippen molar-refractivity contribution >= 4 is 12.1 Å². The molecule has 0 fully saturated rings. The van der Waals surface area contributed by atoms with Crippen molar-refractivity contribution in [3.8, 4) is 5.75 Å². The standard InChI is InChI=1S/C15H19NO5/c1-15(2,3)21-14(19)16-8-10-6-4-5-7-11(10)20-12(9-16)13(17)18/h4-7,12H,8-9H2,1-3H3,(H,17,18)/t12-/m0/s1. The van der Waals surface area contributed by atoms with Crippen LogP contribution >= 0.6 is 0 Å². The fourth-order valence-corrected chi connectivity index (χ4v) is 2.00. The van der Waals surface area contributed by atoms with E-state index in [1.54, 1.807) is 39.0 Å². The molecule has 1 aromatic carbocycles. The van der Waals surface area contributed by atoms with Crippen LogP contribution in [0.5, 0.6) is 5.75 Å². The first-order valence-corrected chi connectivity index (χ1v) is 6.71. The van der Waals surface area contributed by atoms with E-state index in [1.807, 2.05) is 6.07 Å². The molecule has 1 aliphatic heterocycles. The van der Waals surface area contributed by atoms with Crippen molar-refractivity contribution in [3.63, 3.8) is 0 Å². The van der Waals surface area contributed by atoms with Crippen LogP contribution in [-0.2, 0) is 16.1 Å². The molecule has 0 bridgehead atoms. The number of carbonyl (C=O) groups excluding carboxylic acids is 1. The first kappa shape index (κ1) is 15.2. The first-order chi connectivity index (χ1) is 9.76. The van der Waals surface area contributed by atoms with E-state index < -0.39 is 23.8 Å². The number of hydrogen-bond acceptors (Lipinski definition) is 4. The maximum atomic E-state index is 12.2. The fourth-order valence-electron chi connectivity index (χ4n) is 2.00. The number of ether oxygens (including phenoxy) is 2. The Morgan fingerprint density at radius 3 is 2.62 bits per heavy atom. The van der Waals surface area contributed by atoms with E-state index in [0.29, 0.717) is 5.75 Å². The van der Waals surface area contributed by atoms with Crippen LogP contribution in [0.4, 0.5) is 4.79 Å². The molecule has 1 aromatic rings. The van der Waals surface area contributed by atoms with Gasteiger partial charge in [0.1, 0.15) is 11.4 Å². The molecule has 0 unspecified atom stereocenters. The number of carboxylic acids is 1. The molecule has 1 amide bonds. The van der Waals surface area contributed by atoms with E-state index >= 15 is 0 Å². The zero-order chi connectivity index (χ0) is 15.6. The van der Waals surface area contributed by atoms with E-state index in [2.05, 4.69) is 0 Å². The average Bonchev–Trinajstić information content (AvgIpc) is 2.55. The van der Waals surface area contributed by atoms with E-state index in [-0.39, 0.29) is 13.1 Å². The highest BCUT2D eigenvalue weighted by atomic mass is 16.6. The molecule has 114 valence electrons. The molecule has 1 aliphatic rings. The van der Waals surface area contributed by atoms with Gasteiger partial charge in [0.15, 0.2) is 0 Å². The number of fused-ring (bicyclic) bond motifs is 1. The van der Waals surface area contributed by atoms with Gasteiger partial charge in [0.2, 0.25) is 6.10 Å². The summed E-state index contributed by atoms with van der Waals surface area (Å²) in [5.74, 6) is -0.628. The second-order valence-corrected chi connectivity index (χ2v) is 5.91. The minimum Gasteiger partial charge on any atom is -0.478 e. The number of carbonyl (C=O) groups is 2. The summed E-state index contributed by atoms with van der Waals surface area (Å²) in [4.78, 5) is 24.8. The van der Waals surface area contributed by atoms with E-state index in [0.717, 1.165) is 5.56 Å². The van der Waals surface area contributed by atoms with Gasteiger partial charge in [-0.25, -0.2) is 9.59 Å². The normalized spacial score (nSPS) is 18.2. The summed E-state index contributed by atoms with van der Waals surface area (Å²) < 4.78 is 10.8. The van der Waals surface area contributed by atoms with Crippen LogP contribution in [0.15, 0.2) is 24.3 Å². The van der Waals surface area contributed by atoms with Gasteiger partial charge < -0.3 is 14.6 Å². The minimum atomic E-state index is -1.11. The molecule has 0 saturated carbocycles. The number of rotatable bonds is 1. The lowest BCUT2D eigenvalue weighted by Gasteiger charge is -2.27. The summed E-state index contributed by atoms with van der Waals surface area (Å²) in [5, 5.41) is 9.22. The smallest absolute Gasteiger partial charge is 0.410 e. The lowest BCUT2D eigenvalue weighted by Crippen LogP contribution is -2.43. The van der Waals surface area contributed by atoms with Gasteiger partial charge in [0.05, 0.1) is 13.1 Å². The summed E-state index contributed by atoms with van der Waals surface area (Å²) in [7, 11) is 0. The van der Waals surface area contributed by atoms with Gasteiger partial charge in [0, 0.05) is 5.56 Å². The number of nitrogens with zero attached hydrogens (tertiary/aromatic N) is 1. The van der Waals surface area contributed by atoms with E-state index in [1.165, 1.54) is 4.90 Å². The summed E-state index contributed by atoms with van der Waals surface area (Å²) in [6.45, 7) is 5.50. The molecule has 1 atom stereocenters. The highest BCUT2D eigenvalue weighted by molar-refractivity contribution is 5.75. The van der Waals surface area contributed by atoms with Gasteiger partial charge in [-0.3, -0.25) is 4.90 Å². The third kappa shape index (κ3) is 3.87. The van der Waals surface area contributed by atoms with Crippen LogP contribution in [-0.4, -0.2) is 40.3 Å². The van der Waals surface area contributed by atoms with Crippen molar-refractivity contribution in [2.24, 2.45) is 0 Å². The summed E-state index contributed by atoms with van der Waals surface area (Å²) in [5.41, 5.74) is 0.120. The molecular formula is C15H19NO5. The van der Waals surface area contributed by atoms with Crippen molar-refractivity contribution in [2.45, 2.75) is 39.0 Å². The summed E-state index contributed by atoms with van der Waals surface area (Å²) in [6, 6.07) is 7.08. The lowest BCUT2D eigenvalue weighted by molar-refractivity contribution is -0.145. The topological polar surface area (TPSA) is 76.1 Å². The Bertz CT molecular complexity index is 549. The van der Waals surface area contributed by atoms with Crippen LogP contribution in [0, 0.1) is 0 Å². The van der Waals surface area contributed by atoms with Gasteiger partial charge in [0.25, 0.3) is 0 Å². The highest BCUT2D eigenvalue weighted by Gasteiger charge is 2.32. The fraction of sp³-hybridized carbons (Fsp3) is 0.467. The van der Waals surface area contributed by atoms with Crippen LogP contribution in [0.3, 0.4) is 0 Å². The van der Waals surface area contributed by atoms with Crippen LogP contribution in [0.1, 0.15) is 26.3 Å². The molecule has 6 heteroatoms. The van der Waals surface area contributed by atoms with Crippen LogP contribution in [0.2, 0.25) is 0 Å². The van der Waals surface area contributed by atoms with Crippen LogP contribution < -0.4 is 4.74 Å². The zero-order valence-electron chi connectivity index (χ0n) is 12.3. The Hall–Kier alpha value is -2.24. The maximum Gasteiger partial charge on any atom is 0.410 e. The zero-order valence-corrected chi connectivity index (χ0v) is 12.3. The summed E-state index contributed by atoms with van der Waals surface area (Å²) >= 11 is 0. The van der Waals surface area contributed by atoms with Crippen molar-refractivity contribution in [1.29, 1.82) is 0 Å². The molecule has 0 aromatic heterocycles. The molecule has 0 aliphatic carbocycles. The van der Waals surface area contributed by atoms with Gasteiger partial charge in [-0.2, -0.15) is 0 Å². The second-order valence-electron chi connectivity index (χ2n) is 5.91. The van der Waals surface area contributed by atoms with E-state index in [4.69, 9.17) is 9.47 Å². The monoisotopic (exact) mass is 293 g/mol. The molecule has 1 N–H and O–H groups in total.